The third-order valence-electron chi connectivity index (χ3n) is 8.92. The number of aromatic nitrogens is 4. The Morgan fingerprint density at radius 1 is 1.00 bits per heavy atom. The van der Waals surface area contributed by atoms with Gasteiger partial charge in [-0.15, -0.1) is 0 Å². The highest BCUT2D eigenvalue weighted by atomic mass is 16.5. The summed E-state index contributed by atoms with van der Waals surface area (Å²) in [7, 11) is 0. The van der Waals surface area contributed by atoms with Gasteiger partial charge in [0.25, 0.3) is 5.88 Å². The average Bonchev–Trinajstić information content (AvgIpc) is 3.58. The van der Waals surface area contributed by atoms with Gasteiger partial charge >= 0.3 is 0 Å². The predicted molar refractivity (Wildman–Crippen MR) is 154 cm³/mol. The van der Waals surface area contributed by atoms with E-state index >= 15 is 0 Å². The molecule has 11 nitrogen and oxygen atoms in total. The molecule has 1 atom stereocenters. The molecule has 3 saturated heterocycles. The maximum atomic E-state index is 11.6. The molecule has 0 radical (unpaired) electrons. The number of piperidine rings is 1. The molecule has 3 N–H and O–H groups in total. The number of hydrogen-bond acceptors (Lipinski definition) is 10. The number of aliphatic hydroxyl groups is 1. The maximum Gasteiger partial charge on any atom is 0.263 e. The summed E-state index contributed by atoms with van der Waals surface area (Å²) >= 11 is 0. The highest BCUT2D eigenvalue weighted by Gasteiger charge is 2.38. The van der Waals surface area contributed by atoms with E-state index in [1.165, 1.54) is 12.8 Å². The maximum absolute atomic E-state index is 11.6. The molecule has 41 heavy (non-hydrogen) atoms. The smallest absolute Gasteiger partial charge is 0.263 e. The first-order valence-corrected chi connectivity index (χ1v) is 14.8. The van der Waals surface area contributed by atoms with Gasteiger partial charge in [0.1, 0.15) is 5.60 Å². The summed E-state index contributed by atoms with van der Waals surface area (Å²) in [4.78, 5) is 14.1. The van der Waals surface area contributed by atoms with E-state index in [0.29, 0.717) is 43.7 Å². The van der Waals surface area contributed by atoms with Crippen molar-refractivity contribution in [2.75, 3.05) is 63.2 Å². The summed E-state index contributed by atoms with van der Waals surface area (Å²) in [5, 5.41) is 16.2. The summed E-state index contributed by atoms with van der Waals surface area (Å²) in [5.74, 6) is 1.04. The zero-order valence-corrected chi connectivity index (χ0v) is 23.7. The number of morpholine rings is 1. The first kappa shape index (κ1) is 26.6. The topological polar surface area (TPSA) is 124 Å². The van der Waals surface area contributed by atoms with Gasteiger partial charge in [0.05, 0.1) is 50.1 Å². The molecule has 0 amide bonds. The largest absolute Gasteiger partial charge is 0.433 e. The Balaban J connectivity index is 1.15. The Labute approximate surface area is 240 Å². The number of ether oxygens (including phenoxy) is 3. The van der Waals surface area contributed by atoms with Crippen molar-refractivity contribution in [2.24, 2.45) is 0 Å². The van der Waals surface area contributed by atoms with Crippen molar-refractivity contribution in [1.82, 2.24) is 24.6 Å². The van der Waals surface area contributed by atoms with E-state index in [2.05, 4.69) is 32.9 Å². The van der Waals surface area contributed by atoms with E-state index in [9.17, 15) is 5.11 Å². The number of nitrogens with two attached hydrogens (primary N) is 1. The normalized spacial score (nSPS) is 24.2. The average molecular weight is 562 g/mol. The van der Waals surface area contributed by atoms with Gasteiger partial charge in [0.2, 0.25) is 0 Å². The Morgan fingerprint density at radius 3 is 2.54 bits per heavy atom. The molecule has 3 aliphatic heterocycles. The zero-order valence-electron chi connectivity index (χ0n) is 23.7. The number of likely N-dealkylation sites (tertiary alicyclic amines) is 1. The molecule has 1 saturated carbocycles. The number of nitrogens with zero attached hydrogens (tertiary/aromatic N) is 6. The number of aryl methyl sites for hydroxylation is 1. The van der Waals surface area contributed by atoms with Gasteiger partial charge in [-0.1, -0.05) is 0 Å². The Hall–Kier alpha value is -3.25. The van der Waals surface area contributed by atoms with Crippen LogP contribution in [0.4, 0.5) is 11.5 Å². The molecule has 1 aromatic carbocycles. The third-order valence-corrected chi connectivity index (χ3v) is 8.92. The molecule has 218 valence electrons. The van der Waals surface area contributed by atoms with Gasteiger partial charge in [0.15, 0.2) is 11.6 Å². The molecule has 5 heterocycles. The lowest BCUT2D eigenvalue weighted by atomic mass is 9.87. The highest BCUT2D eigenvalue weighted by molar-refractivity contribution is 5.72. The van der Waals surface area contributed by atoms with Gasteiger partial charge in [-0.25, -0.2) is 9.97 Å². The molecule has 1 aliphatic carbocycles. The van der Waals surface area contributed by atoms with Crippen molar-refractivity contribution in [3.8, 4) is 22.9 Å². The van der Waals surface area contributed by atoms with E-state index < -0.39 is 5.60 Å². The van der Waals surface area contributed by atoms with Crippen LogP contribution in [0.3, 0.4) is 0 Å². The molecule has 11 heteroatoms. The second-order valence-electron chi connectivity index (χ2n) is 11.8. The molecular weight excluding hydrogens is 522 g/mol. The van der Waals surface area contributed by atoms with Gasteiger partial charge < -0.3 is 34.9 Å². The van der Waals surface area contributed by atoms with Crippen molar-refractivity contribution in [3.63, 3.8) is 0 Å². The minimum absolute atomic E-state index is 0.212. The monoisotopic (exact) mass is 561 g/mol. The lowest BCUT2D eigenvalue weighted by Gasteiger charge is -2.35. The molecule has 3 aromatic rings. The Bertz CT molecular complexity index is 1390. The molecule has 4 fully saturated rings. The first-order valence-electron chi connectivity index (χ1n) is 14.8. The Kier molecular flexibility index (Phi) is 7.06. The number of nitrogen functional groups attached to an aromatic ring is 1. The quantitative estimate of drug-likeness (QED) is 0.444. The number of benzene rings is 1. The standard InChI is InChI=1S/C30H39N7O4/c1-20-14-21(15-25(30(38)6-11-40-19-30)27(20)36-9-12-39-13-10-36)26-17-32-28(31)29(34-26)41-24-16-33-37(18-24)23-4-7-35(8-5-23)22-2-3-22/h14-18,22-23,38H,2-13,19H2,1H3,(H2,31,32). The minimum Gasteiger partial charge on any atom is -0.433 e. The lowest BCUT2D eigenvalue weighted by Crippen LogP contribution is -2.39. The van der Waals surface area contributed by atoms with E-state index in [1.807, 2.05) is 16.9 Å². The van der Waals surface area contributed by atoms with Crippen LogP contribution in [0.5, 0.6) is 11.6 Å². The van der Waals surface area contributed by atoms with Crippen LogP contribution in [0, 0.1) is 6.92 Å². The van der Waals surface area contributed by atoms with Crippen molar-refractivity contribution in [2.45, 2.75) is 56.7 Å². The predicted octanol–water partition coefficient (Wildman–Crippen LogP) is 3.27. The van der Waals surface area contributed by atoms with Crippen LogP contribution in [0.1, 0.15) is 49.3 Å². The molecule has 1 unspecified atom stereocenters. The van der Waals surface area contributed by atoms with Crippen LogP contribution in [-0.2, 0) is 15.1 Å². The van der Waals surface area contributed by atoms with Crippen molar-refractivity contribution >= 4 is 11.5 Å². The molecule has 0 spiro atoms. The van der Waals surface area contributed by atoms with Crippen LogP contribution < -0.4 is 15.4 Å². The second kappa shape index (κ2) is 10.9. The van der Waals surface area contributed by atoms with E-state index in [-0.39, 0.29) is 18.3 Å². The van der Waals surface area contributed by atoms with Gasteiger partial charge in [0, 0.05) is 62.1 Å². The van der Waals surface area contributed by atoms with Gasteiger partial charge in [-0.3, -0.25) is 4.68 Å². The van der Waals surface area contributed by atoms with Gasteiger partial charge in [-0.05, 0) is 50.3 Å². The molecule has 7 rings (SSSR count). The van der Waals surface area contributed by atoms with Crippen LogP contribution >= 0.6 is 0 Å². The fourth-order valence-electron chi connectivity index (χ4n) is 6.49. The highest BCUT2D eigenvalue weighted by Crippen LogP contribution is 2.42. The zero-order chi connectivity index (χ0) is 28.0. The van der Waals surface area contributed by atoms with Crippen LogP contribution in [0.2, 0.25) is 0 Å². The first-order chi connectivity index (χ1) is 20.0. The minimum atomic E-state index is -1.07. The van der Waals surface area contributed by atoms with Crippen molar-refractivity contribution in [1.29, 1.82) is 0 Å². The van der Waals surface area contributed by atoms with Crippen molar-refractivity contribution < 1.29 is 19.3 Å². The van der Waals surface area contributed by atoms with Gasteiger partial charge in [-0.2, -0.15) is 5.10 Å². The van der Waals surface area contributed by atoms with E-state index in [1.54, 1.807) is 12.4 Å². The summed E-state index contributed by atoms with van der Waals surface area (Å²) in [6.45, 7) is 7.98. The SMILES string of the molecule is Cc1cc(-c2cnc(N)c(Oc3cnn(C4CCN(C5CC5)CC4)c3)n2)cc(C2(O)CCOC2)c1N1CCOCC1. The van der Waals surface area contributed by atoms with Crippen molar-refractivity contribution in [3.05, 3.63) is 41.9 Å². The fourth-order valence-corrected chi connectivity index (χ4v) is 6.49. The van der Waals surface area contributed by atoms with E-state index in [4.69, 9.17) is 24.9 Å². The summed E-state index contributed by atoms with van der Waals surface area (Å²) in [6, 6.07) is 5.28. The molecule has 4 aliphatic rings. The molecular formula is C30H39N7O4. The van der Waals surface area contributed by atoms with Crippen LogP contribution in [0.25, 0.3) is 11.3 Å². The van der Waals surface area contributed by atoms with E-state index in [0.717, 1.165) is 67.4 Å². The van der Waals surface area contributed by atoms with Crippen LogP contribution in [-0.4, -0.2) is 88.4 Å². The number of anilines is 2. The summed E-state index contributed by atoms with van der Waals surface area (Å²) in [5.41, 5.74) is 9.54. The Morgan fingerprint density at radius 2 is 1.80 bits per heavy atom. The lowest BCUT2D eigenvalue weighted by molar-refractivity contribution is 0.0233. The summed E-state index contributed by atoms with van der Waals surface area (Å²) < 4.78 is 19.4. The fraction of sp³-hybridized carbons (Fsp3) is 0.567. The second-order valence-corrected chi connectivity index (χ2v) is 11.8. The molecule has 0 bridgehead atoms. The third kappa shape index (κ3) is 5.39. The summed E-state index contributed by atoms with van der Waals surface area (Å²) in [6.07, 6.45) is 10.7. The molecule has 2 aromatic heterocycles. The number of hydrogen-bond donors (Lipinski definition) is 2. The van der Waals surface area contributed by atoms with Crippen LogP contribution in [0.15, 0.2) is 30.7 Å². The number of rotatable bonds is 7.